The average molecular weight is 424 g/mol. The molecule has 2 rings (SSSR count). The molecule has 1 heterocycles. The molecule has 0 aliphatic carbocycles. The molecule has 2 aromatic rings. The van der Waals surface area contributed by atoms with Gasteiger partial charge in [0.2, 0.25) is 0 Å². The predicted octanol–water partition coefficient (Wildman–Crippen LogP) is 4.17. The van der Waals surface area contributed by atoms with Crippen LogP contribution in [0.5, 0.6) is 0 Å². The van der Waals surface area contributed by atoms with E-state index in [1.54, 1.807) is 30.5 Å². The lowest BCUT2D eigenvalue weighted by Gasteiger charge is -2.08. The van der Waals surface area contributed by atoms with Crippen LogP contribution in [-0.4, -0.2) is 34.7 Å². The topological polar surface area (TPSA) is 81.2 Å². The van der Waals surface area contributed by atoms with E-state index in [1.807, 2.05) is 13.2 Å². The Bertz CT molecular complexity index is 753. The van der Waals surface area contributed by atoms with Crippen LogP contribution in [0, 0.1) is 0 Å². The number of anilines is 1. The number of carbonyl (C=O) groups excluding carboxylic acids is 2. The molecule has 0 spiro atoms. The average Bonchev–Trinajstić information content (AvgIpc) is 2.62. The van der Waals surface area contributed by atoms with Crippen molar-refractivity contribution in [2.24, 2.45) is 0 Å². The van der Waals surface area contributed by atoms with E-state index in [-0.39, 0.29) is 17.6 Å². The van der Waals surface area contributed by atoms with E-state index in [0.29, 0.717) is 27.5 Å². The van der Waals surface area contributed by atoms with E-state index in [2.05, 4.69) is 31.2 Å². The first-order valence-electron chi connectivity index (χ1n) is 7.70. The molecule has 6 nitrogen and oxygen atoms in total. The normalized spacial score (nSPS) is 10.4. The number of nitrogens with one attached hydrogen (secondary N) is 1. The summed E-state index contributed by atoms with van der Waals surface area (Å²) in [6.45, 7) is 2.44. The number of nitrogens with zero attached hydrogens (tertiary/aromatic N) is 2. The number of esters is 1. The predicted molar refractivity (Wildman–Crippen MR) is 101 cm³/mol. The van der Waals surface area contributed by atoms with Crippen LogP contribution in [0.2, 0.25) is 0 Å². The summed E-state index contributed by atoms with van der Waals surface area (Å²) in [6, 6.07) is 6.54. The number of benzene rings is 1. The molecule has 1 N–H and O–H groups in total. The van der Waals surface area contributed by atoms with Crippen molar-refractivity contribution in [3.05, 3.63) is 46.2 Å². The Morgan fingerprint density at radius 3 is 2.64 bits per heavy atom. The molecule has 1 aromatic carbocycles. The first-order chi connectivity index (χ1) is 12.0. The highest BCUT2D eigenvalue weighted by molar-refractivity contribution is 9.10. The molecule has 0 aliphatic heterocycles. The molecular weight excluding hydrogens is 406 g/mol. The minimum atomic E-state index is -0.366. The number of hydrogen-bond donors (Lipinski definition) is 1. The number of ether oxygens (including phenoxy) is 1. The third kappa shape index (κ3) is 5.54. The first-order valence-corrected chi connectivity index (χ1v) is 9.72. The summed E-state index contributed by atoms with van der Waals surface area (Å²) in [5.74, 6) is -0.725. The Balaban J connectivity index is 2.03. The highest BCUT2D eigenvalue weighted by Crippen LogP contribution is 2.19. The number of amides is 1. The SMILES string of the molecule is CCCCOC(=O)c1ccc(NC(=O)c2nc(SC)ncc2Br)cc1. The van der Waals surface area contributed by atoms with Gasteiger partial charge in [-0.15, -0.1) is 0 Å². The summed E-state index contributed by atoms with van der Waals surface area (Å²) in [6.07, 6.45) is 5.19. The van der Waals surface area contributed by atoms with Gasteiger partial charge in [-0.1, -0.05) is 25.1 Å². The van der Waals surface area contributed by atoms with Crippen molar-refractivity contribution < 1.29 is 14.3 Å². The maximum atomic E-state index is 12.4. The monoisotopic (exact) mass is 423 g/mol. The van der Waals surface area contributed by atoms with Gasteiger partial charge in [0.05, 0.1) is 16.6 Å². The maximum absolute atomic E-state index is 12.4. The zero-order valence-electron chi connectivity index (χ0n) is 13.9. The van der Waals surface area contributed by atoms with Crippen LogP contribution >= 0.6 is 27.7 Å². The van der Waals surface area contributed by atoms with Crippen LogP contribution in [-0.2, 0) is 4.74 Å². The molecule has 0 radical (unpaired) electrons. The number of carbonyl (C=O) groups is 2. The van der Waals surface area contributed by atoms with E-state index >= 15 is 0 Å². The second-order valence-electron chi connectivity index (χ2n) is 5.07. The second-order valence-corrected chi connectivity index (χ2v) is 6.70. The lowest BCUT2D eigenvalue weighted by Crippen LogP contribution is -2.15. The quantitative estimate of drug-likeness (QED) is 0.311. The molecule has 0 saturated carbocycles. The van der Waals surface area contributed by atoms with Crippen molar-refractivity contribution in [3.8, 4) is 0 Å². The smallest absolute Gasteiger partial charge is 0.338 e. The van der Waals surface area contributed by atoms with Gasteiger partial charge < -0.3 is 10.1 Å². The molecule has 0 unspecified atom stereocenters. The van der Waals surface area contributed by atoms with Crippen LogP contribution in [0.3, 0.4) is 0 Å². The van der Waals surface area contributed by atoms with Gasteiger partial charge in [0, 0.05) is 11.9 Å². The van der Waals surface area contributed by atoms with E-state index in [9.17, 15) is 9.59 Å². The zero-order chi connectivity index (χ0) is 18.2. The summed E-state index contributed by atoms with van der Waals surface area (Å²) in [5.41, 5.74) is 1.26. The minimum absolute atomic E-state index is 0.252. The van der Waals surface area contributed by atoms with Gasteiger partial charge in [0.1, 0.15) is 5.69 Å². The van der Waals surface area contributed by atoms with Crippen molar-refractivity contribution in [2.45, 2.75) is 24.9 Å². The zero-order valence-corrected chi connectivity index (χ0v) is 16.3. The Labute approximate surface area is 158 Å². The first kappa shape index (κ1) is 19.4. The molecule has 1 amide bonds. The van der Waals surface area contributed by atoms with Gasteiger partial charge in [-0.25, -0.2) is 14.8 Å². The minimum Gasteiger partial charge on any atom is -0.462 e. The number of aromatic nitrogens is 2. The van der Waals surface area contributed by atoms with Gasteiger partial charge in [0.25, 0.3) is 5.91 Å². The molecule has 0 bridgehead atoms. The molecule has 1 aromatic heterocycles. The lowest BCUT2D eigenvalue weighted by molar-refractivity contribution is 0.0499. The molecule has 0 saturated heterocycles. The van der Waals surface area contributed by atoms with Crippen LogP contribution in [0.4, 0.5) is 5.69 Å². The second kappa shape index (κ2) is 9.53. The molecular formula is C17H18BrN3O3S. The molecule has 0 atom stereocenters. The van der Waals surface area contributed by atoms with E-state index < -0.39 is 0 Å². The highest BCUT2D eigenvalue weighted by Gasteiger charge is 2.14. The van der Waals surface area contributed by atoms with E-state index in [0.717, 1.165) is 12.8 Å². The Kier molecular flexibility index (Phi) is 7.39. The van der Waals surface area contributed by atoms with Crippen molar-refractivity contribution in [1.82, 2.24) is 9.97 Å². The Morgan fingerprint density at radius 1 is 1.28 bits per heavy atom. The number of hydrogen-bond acceptors (Lipinski definition) is 6. The highest BCUT2D eigenvalue weighted by atomic mass is 79.9. The Hall–Kier alpha value is -1.93. The molecule has 8 heteroatoms. The summed E-state index contributed by atoms with van der Waals surface area (Å²) in [5, 5.41) is 3.26. The summed E-state index contributed by atoms with van der Waals surface area (Å²) in [7, 11) is 0. The van der Waals surface area contributed by atoms with Crippen LogP contribution in [0.25, 0.3) is 0 Å². The van der Waals surface area contributed by atoms with Crippen molar-refractivity contribution in [2.75, 3.05) is 18.2 Å². The van der Waals surface area contributed by atoms with Gasteiger partial charge >= 0.3 is 5.97 Å². The largest absolute Gasteiger partial charge is 0.462 e. The summed E-state index contributed by atoms with van der Waals surface area (Å²) >= 11 is 4.63. The molecule has 132 valence electrons. The summed E-state index contributed by atoms with van der Waals surface area (Å²) < 4.78 is 5.66. The fraction of sp³-hybridized carbons (Fsp3) is 0.294. The van der Waals surface area contributed by atoms with Crippen molar-refractivity contribution in [3.63, 3.8) is 0 Å². The lowest BCUT2D eigenvalue weighted by atomic mass is 10.2. The van der Waals surface area contributed by atoms with Gasteiger partial charge in [0.15, 0.2) is 5.16 Å². The fourth-order valence-electron chi connectivity index (χ4n) is 1.88. The number of halogens is 1. The van der Waals surface area contributed by atoms with Gasteiger partial charge in [-0.05, 0) is 52.9 Å². The van der Waals surface area contributed by atoms with E-state index in [4.69, 9.17) is 4.74 Å². The van der Waals surface area contributed by atoms with Gasteiger partial charge in [-0.3, -0.25) is 4.79 Å². The van der Waals surface area contributed by atoms with Crippen LogP contribution < -0.4 is 5.32 Å². The third-order valence-electron chi connectivity index (χ3n) is 3.23. The van der Waals surface area contributed by atoms with Gasteiger partial charge in [-0.2, -0.15) is 0 Å². The Morgan fingerprint density at radius 2 is 2.00 bits per heavy atom. The molecule has 0 fully saturated rings. The van der Waals surface area contributed by atoms with Crippen LogP contribution in [0.1, 0.15) is 40.6 Å². The maximum Gasteiger partial charge on any atom is 0.338 e. The molecule has 0 aliphatic rings. The fourth-order valence-corrected chi connectivity index (χ4v) is 2.59. The van der Waals surface area contributed by atoms with E-state index in [1.165, 1.54) is 11.8 Å². The van der Waals surface area contributed by atoms with Crippen LogP contribution in [0.15, 0.2) is 40.1 Å². The molecule has 25 heavy (non-hydrogen) atoms. The van der Waals surface area contributed by atoms with Crippen molar-refractivity contribution >= 4 is 45.3 Å². The third-order valence-corrected chi connectivity index (χ3v) is 4.37. The number of rotatable bonds is 7. The van der Waals surface area contributed by atoms with Crippen molar-refractivity contribution in [1.29, 1.82) is 0 Å². The standard InChI is InChI=1S/C17H18BrN3O3S/c1-3-4-9-24-16(23)11-5-7-12(8-6-11)20-15(22)14-13(18)10-19-17(21-14)25-2/h5-8,10H,3-4,9H2,1-2H3,(H,20,22). The summed E-state index contributed by atoms with van der Waals surface area (Å²) in [4.78, 5) is 32.5. The number of thioether (sulfide) groups is 1. The number of unbranched alkanes of at least 4 members (excludes halogenated alkanes) is 1.